The number of rotatable bonds is 10. The quantitative estimate of drug-likeness (QED) is 0.291. The number of aliphatic imine (C=N–C) groups is 1. The molecule has 0 spiro atoms. The number of methoxy groups -OCH3 is 1. The highest BCUT2D eigenvalue weighted by Crippen LogP contribution is 2.23. The van der Waals surface area contributed by atoms with Crippen molar-refractivity contribution in [2.24, 2.45) is 23.5 Å². The summed E-state index contributed by atoms with van der Waals surface area (Å²) < 4.78 is 26.2. The van der Waals surface area contributed by atoms with Gasteiger partial charge in [0.15, 0.2) is 17.5 Å². The lowest BCUT2D eigenvalue weighted by molar-refractivity contribution is 0.274. The molecular formula is C24H32FN7O3. The number of ether oxygens (including phenoxy) is 2. The number of hydrogen-bond acceptors (Lipinski definition) is 7. The van der Waals surface area contributed by atoms with Gasteiger partial charge in [-0.2, -0.15) is 0 Å². The van der Waals surface area contributed by atoms with Gasteiger partial charge in [-0.1, -0.05) is 0 Å². The Hall–Kier alpha value is -3.70. The van der Waals surface area contributed by atoms with Crippen LogP contribution < -0.4 is 31.8 Å². The monoisotopic (exact) mass is 485 g/mol. The van der Waals surface area contributed by atoms with E-state index < -0.39 is 5.82 Å². The number of aromatic nitrogens is 2. The molecule has 3 aromatic rings. The summed E-state index contributed by atoms with van der Waals surface area (Å²) in [6, 6.07) is 9.25. The molecule has 2 aromatic carbocycles. The zero-order valence-electron chi connectivity index (χ0n) is 20.4. The van der Waals surface area contributed by atoms with Crippen molar-refractivity contribution in [3.8, 4) is 11.5 Å². The maximum atomic E-state index is 14.2. The van der Waals surface area contributed by atoms with Crippen molar-refractivity contribution < 1.29 is 13.9 Å². The zero-order valence-corrected chi connectivity index (χ0v) is 20.4. The van der Waals surface area contributed by atoms with Gasteiger partial charge in [-0.05, 0) is 44.3 Å². The van der Waals surface area contributed by atoms with Crippen LogP contribution in [0.15, 0.2) is 46.2 Å². The van der Waals surface area contributed by atoms with Crippen molar-refractivity contribution in [2.75, 3.05) is 33.8 Å². The molecule has 5 N–H and O–H groups in total. The first-order valence-electron chi connectivity index (χ1n) is 11.2. The molecule has 0 aliphatic heterocycles. The fraction of sp³-hybridized carbons (Fsp3) is 0.375. The van der Waals surface area contributed by atoms with Crippen molar-refractivity contribution in [1.82, 2.24) is 19.8 Å². The first-order chi connectivity index (χ1) is 16.7. The van der Waals surface area contributed by atoms with E-state index >= 15 is 0 Å². The Morgan fingerprint density at radius 3 is 2.74 bits per heavy atom. The molecule has 0 radical (unpaired) electrons. The van der Waals surface area contributed by atoms with E-state index in [0.29, 0.717) is 47.2 Å². The summed E-state index contributed by atoms with van der Waals surface area (Å²) in [5.74, 6) is 0.487. The number of nitrogens with two attached hydrogens (primary N) is 2. The second-order valence-corrected chi connectivity index (χ2v) is 8.18. The summed E-state index contributed by atoms with van der Waals surface area (Å²) in [5, 5.41) is 3.51. The molecule has 0 aliphatic rings. The van der Waals surface area contributed by atoms with Gasteiger partial charge < -0.3 is 31.2 Å². The van der Waals surface area contributed by atoms with Gasteiger partial charge in [-0.25, -0.2) is 14.4 Å². The summed E-state index contributed by atoms with van der Waals surface area (Å²) in [5.41, 5.74) is 12.9. The lowest BCUT2D eigenvalue weighted by atomic mass is 10.2. The first kappa shape index (κ1) is 25.9. The average Bonchev–Trinajstić information content (AvgIpc) is 2.83. The molecule has 188 valence electrons. The van der Waals surface area contributed by atoms with Crippen molar-refractivity contribution in [3.05, 3.63) is 58.4 Å². The topological polar surface area (TPSA) is 133 Å². The van der Waals surface area contributed by atoms with Crippen LogP contribution in [0.4, 0.5) is 10.1 Å². The third-order valence-electron chi connectivity index (χ3n) is 5.36. The minimum absolute atomic E-state index is 0.0297. The van der Waals surface area contributed by atoms with Crippen LogP contribution in [0, 0.1) is 5.82 Å². The molecule has 10 nitrogen and oxygen atoms in total. The number of benzene rings is 2. The van der Waals surface area contributed by atoms with Gasteiger partial charge in [0.2, 0.25) is 0 Å². The van der Waals surface area contributed by atoms with Crippen LogP contribution in [0.5, 0.6) is 11.5 Å². The maximum absolute atomic E-state index is 14.2. The van der Waals surface area contributed by atoms with Gasteiger partial charge >= 0.3 is 0 Å². The summed E-state index contributed by atoms with van der Waals surface area (Å²) in [7, 11) is 4.90. The Balaban J connectivity index is 1.89. The minimum atomic E-state index is -0.572. The number of guanidine groups is 1. The van der Waals surface area contributed by atoms with E-state index in [9.17, 15) is 9.18 Å². The Morgan fingerprint density at radius 1 is 1.31 bits per heavy atom. The van der Waals surface area contributed by atoms with E-state index in [1.54, 1.807) is 31.3 Å². The van der Waals surface area contributed by atoms with Crippen LogP contribution in [0.25, 0.3) is 10.9 Å². The molecular weight excluding hydrogens is 453 g/mol. The Morgan fingerprint density at radius 2 is 2.09 bits per heavy atom. The number of nitrogens with one attached hydrogen (secondary N) is 1. The smallest absolute Gasteiger partial charge is 0.261 e. The Bertz CT molecular complexity index is 1260. The standard InChI is InChI=1S/C24H32FN7O3/c1-15(26)13-32(10-9-28-2)24(27)29-16-5-7-18-20(11-16)30-22(31(3)23(18)33)14-35-21-8-6-17(34-4)12-19(21)25/h5-8,11-12,15,28H,9-10,13-14,26H2,1-4H3,(H2,27,29)/t15-/m0/s1. The maximum Gasteiger partial charge on any atom is 0.261 e. The molecule has 1 heterocycles. The van der Waals surface area contributed by atoms with Crippen LogP contribution in [-0.2, 0) is 13.7 Å². The van der Waals surface area contributed by atoms with Gasteiger partial charge in [0.05, 0.1) is 23.7 Å². The second-order valence-electron chi connectivity index (χ2n) is 8.18. The third kappa shape index (κ3) is 6.46. The second kappa shape index (κ2) is 11.6. The molecule has 0 bridgehead atoms. The largest absolute Gasteiger partial charge is 0.497 e. The highest BCUT2D eigenvalue weighted by Gasteiger charge is 2.13. The fourth-order valence-electron chi connectivity index (χ4n) is 3.47. The molecule has 0 aliphatic carbocycles. The zero-order chi connectivity index (χ0) is 25.5. The van der Waals surface area contributed by atoms with Gasteiger partial charge in [-0.3, -0.25) is 9.36 Å². The van der Waals surface area contributed by atoms with Crippen LogP contribution >= 0.6 is 0 Å². The molecule has 0 saturated heterocycles. The van der Waals surface area contributed by atoms with Gasteiger partial charge in [-0.15, -0.1) is 0 Å². The van der Waals surface area contributed by atoms with E-state index in [1.165, 1.54) is 23.8 Å². The minimum Gasteiger partial charge on any atom is -0.497 e. The van der Waals surface area contributed by atoms with Crippen LogP contribution in [0.3, 0.4) is 0 Å². The highest BCUT2D eigenvalue weighted by atomic mass is 19.1. The number of nitrogens with zero attached hydrogens (tertiary/aromatic N) is 4. The normalized spacial score (nSPS) is 12.6. The van der Waals surface area contributed by atoms with Gasteiger partial charge in [0.25, 0.3) is 5.56 Å². The lowest BCUT2D eigenvalue weighted by Gasteiger charge is -2.25. The van der Waals surface area contributed by atoms with E-state index in [1.807, 2.05) is 18.9 Å². The van der Waals surface area contributed by atoms with Crippen LogP contribution in [-0.4, -0.2) is 60.2 Å². The van der Waals surface area contributed by atoms with Crippen molar-refractivity contribution >= 4 is 22.5 Å². The van der Waals surface area contributed by atoms with Crippen molar-refractivity contribution in [1.29, 1.82) is 0 Å². The molecule has 0 fully saturated rings. The summed E-state index contributed by atoms with van der Waals surface area (Å²) >= 11 is 0. The van der Waals surface area contributed by atoms with Crippen LogP contribution in [0.2, 0.25) is 0 Å². The molecule has 0 unspecified atom stereocenters. The molecule has 0 amide bonds. The molecule has 11 heteroatoms. The molecule has 1 atom stereocenters. The number of hydrogen-bond donors (Lipinski definition) is 3. The Labute approximate surface area is 203 Å². The predicted molar refractivity (Wildman–Crippen MR) is 135 cm³/mol. The number of likely N-dealkylation sites (N-methyl/N-ethyl adjacent to an activating group) is 1. The SMILES string of the molecule is CNCCN(C[C@H](C)N)C(N)=Nc1ccc2c(=O)n(C)c(COc3ccc(OC)cc3F)nc2c1. The van der Waals surface area contributed by atoms with E-state index in [-0.39, 0.29) is 24.0 Å². The first-order valence-corrected chi connectivity index (χ1v) is 11.2. The van der Waals surface area contributed by atoms with Crippen molar-refractivity contribution in [3.63, 3.8) is 0 Å². The summed E-state index contributed by atoms with van der Waals surface area (Å²) in [6.07, 6.45) is 0. The van der Waals surface area contributed by atoms with E-state index in [4.69, 9.17) is 20.9 Å². The molecule has 1 aromatic heterocycles. The number of halogens is 1. The lowest BCUT2D eigenvalue weighted by Crippen LogP contribution is -2.46. The molecule has 0 saturated carbocycles. The molecule has 3 rings (SSSR count). The predicted octanol–water partition coefficient (Wildman–Crippen LogP) is 1.48. The number of fused-ring (bicyclic) bond motifs is 1. The molecule has 35 heavy (non-hydrogen) atoms. The van der Waals surface area contributed by atoms with Crippen LogP contribution in [0.1, 0.15) is 12.7 Å². The van der Waals surface area contributed by atoms with Gasteiger partial charge in [0, 0.05) is 38.8 Å². The Kier molecular flexibility index (Phi) is 8.61. The van der Waals surface area contributed by atoms with E-state index in [0.717, 1.165) is 6.54 Å². The highest BCUT2D eigenvalue weighted by molar-refractivity contribution is 5.85. The summed E-state index contributed by atoms with van der Waals surface area (Å²) in [4.78, 5) is 23.8. The summed E-state index contributed by atoms with van der Waals surface area (Å²) in [6.45, 7) is 3.70. The van der Waals surface area contributed by atoms with Gasteiger partial charge in [0.1, 0.15) is 18.2 Å². The van der Waals surface area contributed by atoms with Crippen molar-refractivity contribution in [2.45, 2.75) is 19.6 Å². The third-order valence-corrected chi connectivity index (χ3v) is 5.36. The van der Waals surface area contributed by atoms with E-state index in [2.05, 4.69) is 15.3 Å². The average molecular weight is 486 g/mol. The fourth-order valence-corrected chi connectivity index (χ4v) is 3.47.